The summed E-state index contributed by atoms with van der Waals surface area (Å²) >= 11 is 12.1. The van der Waals surface area contributed by atoms with Crippen LogP contribution in [0.2, 0.25) is 10.0 Å². The van der Waals surface area contributed by atoms with Crippen LogP contribution in [0.1, 0.15) is 27.3 Å². The Kier molecular flexibility index (Phi) is 3.73. The van der Waals surface area contributed by atoms with Gasteiger partial charge in [-0.05, 0) is 37.6 Å². The highest BCUT2D eigenvalue weighted by Crippen LogP contribution is 2.22. The highest BCUT2D eigenvalue weighted by Gasteiger charge is 2.12. The summed E-state index contributed by atoms with van der Waals surface area (Å²) in [4.78, 5) is 10.9. The molecule has 0 unspecified atom stereocenters. The van der Waals surface area contributed by atoms with E-state index in [1.165, 1.54) is 0 Å². The first kappa shape index (κ1) is 13.1. The first-order valence-corrected chi connectivity index (χ1v) is 6.21. The molecule has 0 spiro atoms. The van der Waals surface area contributed by atoms with Gasteiger partial charge in [0.15, 0.2) is 6.29 Å². The molecule has 2 aromatic rings. The van der Waals surface area contributed by atoms with Gasteiger partial charge in [0.2, 0.25) is 0 Å². The average Bonchev–Trinajstić information content (AvgIpc) is 2.59. The van der Waals surface area contributed by atoms with E-state index in [2.05, 4.69) is 5.10 Å². The van der Waals surface area contributed by atoms with Crippen LogP contribution >= 0.6 is 23.2 Å². The van der Waals surface area contributed by atoms with Gasteiger partial charge in [-0.15, -0.1) is 0 Å². The summed E-state index contributed by atoms with van der Waals surface area (Å²) in [5, 5.41) is 5.60. The van der Waals surface area contributed by atoms with Crippen molar-refractivity contribution in [3.05, 3.63) is 50.8 Å². The van der Waals surface area contributed by atoms with Gasteiger partial charge in [0.25, 0.3) is 0 Å². The molecule has 5 heteroatoms. The van der Waals surface area contributed by atoms with Crippen molar-refractivity contribution in [2.75, 3.05) is 0 Å². The zero-order valence-electron chi connectivity index (χ0n) is 10.1. The number of hydrogen-bond acceptors (Lipinski definition) is 2. The minimum Gasteiger partial charge on any atom is -0.298 e. The molecule has 0 radical (unpaired) electrons. The average molecular weight is 283 g/mol. The van der Waals surface area contributed by atoms with Gasteiger partial charge in [0.1, 0.15) is 0 Å². The lowest BCUT2D eigenvalue weighted by Crippen LogP contribution is -2.05. The molecule has 2 rings (SSSR count). The molecule has 0 bridgehead atoms. The maximum absolute atomic E-state index is 10.9. The van der Waals surface area contributed by atoms with E-state index in [4.69, 9.17) is 23.2 Å². The molecule has 0 saturated carbocycles. The van der Waals surface area contributed by atoms with E-state index in [0.717, 1.165) is 23.2 Å². The second-order valence-electron chi connectivity index (χ2n) is 4.10. The molecule has 0 saturated heterocycles. The zero-order chi connectivity index (χ0) is 13.3. The lowest BCUT2D eigenvalue weighted by Gasteiger charge is -2.07. The fourth-order valence-electron chi connectivity index (χ4n) is 1.86. The number of carbonyl (C=O) groups excluding carboxylic acids is 1. The second kappa shape index (κ2) is 5.12. The molecule has 0 amide bonds. The third-order valence-electron chi connectivity index (χ3n) is 2.88. The standard InChI is InChI=1S/C13H12Cl2N2O/c1-8-12(7-18)9(2)17(16-8)6-10-5-11(14)3-4-13(10)15/h3-5,7H,6H2,1-2H3. The lowest BCUT2D eigenvalue weighted by molar-refractivity contribution is 0.112. The molecule has 1 aromatic carbocycles. The Morgan fingerprint density at radius 2 is 2.06 bits per heavy atom. The van der Waals surface area contributed by atoms with Crippen molar-refractivity contribution < 1.29 is 4.79 Å². The van der Waals surface area contributed by atoms with Gasteiger partial charge in [-0.3, -0.25) is 9.48 Å². The molecule has 1 aromatic heterocycles. The van der Waals surface area contributed by atoms with Crippen LogP contribution in [-0.4, -0.2) is 16.1 Å². The number of rotatable bonds is 3. The summed E-state index contributed by atoms with van der Waals surface area (Å²) in [7, 11) is 0. The Morgan fingerprint density at radius 1 is 1.33 bits per heavy atom. The Balaban J connectivity index is 2.40. The molecule has 0 aliphatic heterocycles. The van der Waals surface area contributed by atoms with Crippen LogP contribution in [0.25, 0.3) is 0 Å². The predicted molar refractivity (Wildman–Crippen MR) is 72.7 cm³/mol. The molecule has 0 fully saturated rings. The minimum atomic E-state index is 0.500. The van der Waals surface area contributed by atoms with Gasteiger partial charge in [0, 0.05) is 15.7 Å². The first-order valence-electron chi connectivity index (χ1n) is 5.46. The molecule has 1 heterocycles. The number of aryl methyl sites for hydroxylation is 1. The Hall–Kier alpha value is -1.32. The normalized spacial score (nSPS) is 10.7. The quantitative estimate of drug-likeness (QED) is 0.805. The summed E-state index contributed by atoms with van der Waals surface area (Å²) in [6.07, 6.45) is 0.827. The van der Waals surface area contributed by atoms with E-state index in [0.29, 0.717) is 22.2 Å². The third kappa shape index (κ3) is 2.42. The summed E-state index contributed by atoms with van der Waals surface area (Å²) in [5.74, 6) is 0. The van der Waals surface area contributed by atoms with Crippen molar-refractivity contribution in [2.24, 2.45) is 0 Å². The van der Waals surface area contributed by atoms with Crippen molar-refractivity contribution in [2.45, 2.75) is 20.4 Å². The molecule has 3 nitrogen and oxygen atoms in total. The van der Waals surface area contributed by atoms with E-state index >= 15 is 0 Å². The Morgan fingerprint density at radius 3 is 2.67 bits per heavy atom. The Bertz CT molecular complexity index is 605. The Labute approximate surface area is 115 Å². The van der Waals surface area contributed by atoms with Gasteiger partial charge >= 0.3 is 0 Å². The lowest BCUT2D eigenvalue weighted by atomic mass is 10.2. The van der Waals surface area contributed by atoms with Crippen LogP contribution in [0, 0.1) is 13.8 Å². The monoisotopic (exact) mass is 282 g/mol. The number of aldehydes is 1. The maximum atomic E-state index is 10.9. The van der Waals surface area contributed by atoms with Gasteiger partial charge in [-0.25, -0.2) is 0 Å². The van der Waals surface area contributed by atoms with E-state index < -0.39 is 0 Å². The zero-order valence-corrected chi connectivity index (χ0v) is 11.6. The molecule has 94 valence electrons. The third-order valence-corrected chi connectivity index (χ3v) is 3.49. The summed E-state index contributed by atoms with van der Waals surface area (Å²) in [6.45, 7) is 4.18. The van der Waals surface area contributed by atoms with Gasteiger partial charge < -0.3 is 0 Å². The molecule has 18 heavy (non-hydrogen) atoms. The summed E-state index contributed by atoms with van der Waals surface area (Å²) < 4.78 is 1.76. The number of aromatic nitrogens is 2. The maximum Gasteiger partial charge on any atom is 0.153 e. The van der Waals surface area contributed by atoms with Gasteiger partial charge in [-0.1, -0.05) is 23.2 Å². The van der Waals surface area contributed by atoms with E-state index in [9.17, 15) is 4.79 Å². The highest BCUT2D eigenvalue weighted by molar-refractivity contribution is 6.33. The second-order valence-corrected chi connectivity index (χ2v) is 4.94. The first-order chi connectivity index (χ1) is 8.52. The van der Waals surface area contributed by atoms with E-state index in [-0.39, 0.29) is 0 Å². The number of hydrogen-bond donors (Lipinski definition) is 0. The van der Waals surface area contributed by atoms with Crippen molar-refractivity contribution in [1.82, 2.24) is 9.78 Å². The topological polar surface area (TPSA) is 34.9 Å². The van der Waals surface area contributed by atoms with Crippen LogP contribution in [0.3, 0.4) is 0 Å². The molecular formula is C13H12Cl2N2O. The fraction of sp³-hybridized carbons (Fsp3) is 0.231. The smallest absolute Gasteiger partial charge is 0.153 e. The van der Waals surface area contributed by atoms with E-state index in [1.807, 2.05) is 13.8 Å². The molecular weight excluding hydrogens is 271 g/mol. The van der Waals surface area contributed by atoms with Crippen LogP contribution < -0.4 is 0 Å². The SMILES string of the molecule is Cc1nn(Cc2cc(Cl)ccc2Cl)c(C)c1C=O. The molecule has 0 aliphatic carbocycles. The number of benzene rings is 1. The van der Waals surface area contributed by atoms with Crippen molar-refractivity contribution in [1.29, 1.82) is 0 Å². The van der Waals surface area contributed by atoms with Crippen LogP contribution in [0.4, 0.5) is 0 Å². The van der Waals surface area contributed by atoms with Crippen LogP contribution in [0.5, 0.6) is 0 Å². The fourth-order valence-corrected chi connectivity index (χ4v) is 2.23. The van der Waals surface area contributed by atoms with Gasteiger partial charge in [-0.2, -0.15) is 5.10 Å². The van der Waals surface area contributed by atoms with Crippen LogP contribution in [0.15, 0.2) is 18.2 Å². The molecule has 0 atom stereocenters. The van der Waals surface area contributed by atoms with Crippen molar-refractivity contribution in [3.8, 4) is 0 Å². The number of carbonyl (C=O) groups is 1. The number of nitrogens with zero attached hydrogens (tertiary/aromatic N) is 2. The molecule has 0 aliphatic rings. The van der Waals surface area contributed by atoms with Crippen molar-refractivity contribution in [3.63, 3.8) is 0 Å². The minimum absolute atomic E-state index is 0.500. The van der Waals surface area contributed by atoms with Crippen molar-refractivity contribution >= 4 is 29.5 Å². The highest BCUT2D eigenvalue weighted by atomic mass is 35.5. The number of halogens is 2. The summed E-state index contributed by atoms with van der Waals surface area (Å²) in [6, 6.07) is 5.30. The van der Waals surface area contributed by atoms with E-state index in [1.54, 1.807) is 22.9 Å². The predicted octanol–water partition coefficient (Wildman–Crippen LogP) is 3.67. The summed E-state index contributed by atoms with van der Waals surface area (Å²) in [5.41, 5.74) is 3.07. The van der Waals surface area contributed by atoms with Gasteiger partial charge in [0.05, 0.1) is 17.8 Å². The largest absolute Gasteiger partial charge is 0.298 e. The van der Waals surface area contributed by atoms with Crippen LogP contribution in [-0.2, 0) is 6.54 Å². The molecule has 0 N–H and O–H groups in total.